The van der Waals surface area contributed by atoms with E-state index in [0.717, 1.165) is 13.8 Å². The van der Waals surface area contributed by atoms with Crippen LogP contribution in [0.1, 0.15) is 13.8 Å². The molecule has 5 N–H and O–H groups in total. The Morgan fingerprint density at radius 2 is 2.00 bits per heavy atom. The standard InChI is InChI=1S/C9H15O9P/c1-9(2,19(14,15)16)18-7-5(12)6(4(11)3-10)17-8(7)13/h4,6,10-12H,3H2,1-2H3,(H2,14,15,16)/t4-,6+/m0/s1. The van der Waals surface area contributed by atoms with E-state index >= 15 is 0 Å². The summed E-state index contributed by atoms with van der Waals surface area (Å²) in [6, 6.07) is 0. The summed E-state index contributed by atoms with van der Waals surface area (Å²) in [5.41, 5.74) is 0. The van der Waals surface area contributed by atoms with Crippen LogP contribution in [0.25, 0.3) is 0 Å². The Morgan fingerprint density at radius 3 is 2.42 bits per heavy atom. The van der Waals surface area contributed by atoms with Crippen molar-refractivity contribution >= 4 is 13.6 Å². The quantitative estimate of drug-likeness (QED) is 0.316. The summed E-state index contributed by atoms with van der Waals surface area (Å²) < 4.78 is 20.5. The molecule has 1 aliphatic heterocycles. The molecule has 0 bridgehead atoms. The summed E-state index contributed by atoms with van der Waals surface area (Å²) in [7, 11) is -4.71. The van der Waals surface area contributed by atoms with E-state index < -0.39 is 49.2 Å². The first-order valence-electron chi connectivity index (χ1n) is 5.19. The van der Waals surface area contributed by atoms with Gasteiger partial charge in [-0.1, -0.05) is 0 Å². The van der Waals surface area contributed by atoms with Crippen molar-refractivity contribution in [2.45, 2.75) is 31.4 Å². The molecule has 19 heavy (non-hydrogen) atoms. The van der Waals surface area contributed by atoms with E-state index in [1.807, 2.05) is 0 Å². The normalized spacial score (nSPS) is 22.4. The van der Waals surface area contributed by atoms with Crippen LogP contribution in [0.3, 0.4) is 0 Å². The highest BCUT2D eigenvalue weighted by Crippen LogP contribution is 2.52. The maximum atomic E-state index is 11.4. The number of carbonyl (C=O) groups excluding carboxylic acids is 1. The van der Waals surface area contributed by atoms with Gasteiger partial charge in [0.15, 0.2) is 11.9 Å². The smallest absolute Gasteiger partial charge is 0.378 e. The molecule has 0 aliphatic carbocycles. The van der Waals surface area contributed by atoms with E-state index in [9.17, 15) is 19.6 Å². The minimum Gasteiger partial charge on any atom is -0.505 e. The summed E-state index contributed by atoms with van der Waals surface area (Å²) in [5.74, 6) is -2.81. The van der Waals surface area contributed by atoms with Crippen molar-refractivity contribution in [3.05, 3.63) is 11.5 Å². The first kappa shape index (κ1) is 15.9. The molecule has 0 spiro atoms. The van der Waals surface area contributed by atoms with Crippen molar-refractivity contribution in [3.8, 4) is 0 Å². The molecule has 1 aliphatic rings. The van der Waals surface area contributed by atoms with Gasteiger partial charge in [0.2, 0.25) is 11.1 Å². The number of ether oxygens (including phenoxy) is 2. The molecule has 0 saturated carbocycles. The molecule has 0 fully saturated rings. The summed E-state index contributed by atoms with van der Waals surface area (Å²) in [6.45, 7) is 1.27. The van der Waals surface area contributed by atoms with Gasteiger partial charge >= 0.3 is 13.6 Å². The molecular weight excluding hydrogens is 283 g/mol. The van der Waals surface area contributed by atoms with E-state index in [1.165, 1.54) is 0 Å². The zero-order valence-corrected chi connectivity index (χ0v) is 11.1. The molecule has 0 aromatic heterocycles. The molecule has 110 valence electrons. The number of hydrogen-bond acceptors (Lipinski definition) is 7. The predicted molar refractivity (Wildman–Crippen MR) is 59.8 cm³/mol. The fourth-order valence-corrected chi connectivity index (χ4v) is 1.43. The van der Waals surface area contributed by atoms with Gasteiger partial charge < -0.3 is 34.6 Å². The van der Waals surface area contributed by atoms with Gasteiger partial charge in [-0.05, 0) is 13.8 Å². The molecule has 0 unspecified atom stereocenters. The Hall–Kier alpha value is -1.12. The number of rotatable bonds is 5. The van der Waals surface area contributed by atoms with Gasteiger partial charge in [-0.15, -0.1) is 0 Å². The fourth-order valence-electron chi connectivity index (χ4n) is 1.22. The molecular formula is C9H15O9P. The first-order valence-corrected chi connectivity index (χ1v) is 6.80. The van der Waals surface area contributed by atoms with Crippen molar-refractivity contribution in [2.75, 3.05) is 6.61 Å². The van der Waals surface area contributed by atoms with Gasteiger partial charge in [-0.2, -0.15) is 0 Å². The largest absolute Gasteiger partial charge is 0.505 e. The highest BCUT2D eigenvalue weighted by Gasteiger charge is 2.47. The highest BCUT2D eigenvalue weighted by molar-refractivity contribution is 7.53. The third-order valence-electron chi connectivity index (χ3n) is 2.51. The molecule has 10 heteroatoms. The summed E-state index contributed by atoms with van der Waals surface area (Å²) >= 11 is 0. The van der Waals surface area contributed by atoms with Crippen LogP contribution in [-0.4, -0.2) is 55.2 Å². The van der Waals surface area contributed by atoms with Gasteiger partial charge in [0, 0.05) is 0 Å². The molecule has 0 aromatic carbocycles. The van der Waals surface area contributed by atoms with Crippen molar-refractivity contribution in [2.24, 2.45) is 0 Å². The van der Waals surface area contributed by atoms with E-state index in [-0.39, 0.29) is 0 Å². The first-order chi connectivity index (χ1) is 8.51. The fraction of sp³-hybridized carbons (Fsp3) is 0.667. The lowest BCUT2D eigenvalue weighted by molar-refractivity contribution is -0.149. The van der Waals surface area contributed by atoms with Crippen LogP contribution in [0.4, 0.5) is 0 Å². The number of aliphatic hydroxyl groups is 3. The second-order valence-electron chi connectivity index (χ2n) is 4.38. The summed E-state index contributed by atoms with van der Waals surface area (Å²) in [4.78, 5) is 29.5. The van der Waals surface area contributed by atoms with Crippen LogP contribution in [-0.2, 0) is 18.8 Å². The van der Waals surface area contributed by atoms with Crippen LogP contribution < -0.4 is 0 Å². The second-order valence-corrected chi connectivity index (χ2v) is 6.55. The third kappa shape index (κ3) is 3.07. The van der Waals surface area contributed by atoms with E-state index in [0.29, 0.717) is 0 Å². The zero-order chi connectivity index (χ0) is 15.0. The van der Waals surface area contributed by atoms with Crippen LogP contribution in [0.15, 0.2) is 11.5 Å². The zero-order valence-electron chi connectivity index (χ0n) is 10.2. The Kier molecular flexibility index (Phi) is 4.28. The number of hydrogen-bond donors (Lipinski definition) is 5. The Balaban J connectivity index is 3.03. The minimum absolute atomic E-state index is 0.781. The van der Waals surface area contributed by atoms with Gasteiger partial charge in [-0.25, -0.2) is 4.79 Å². The Bertz CT molecular complexity index is 449. The minimum atomic E-state index is -4.71. The van der Waals surface area contributed by atoms with Crippen molar-refractivity contribution in [1.82, 2.24) is 0 Å². The average Bonchev–Trinajstić information content (AvgIpc) is 2.54. The third-order valence-corrected chi connectivity index (χ3v) is 4.01. The maximum absolute atomic E-state index is 11.4. The number of cyclic esters (lactones) is 1. The van der Waals surface area contributed by atoms with Crippen LogP contribution in [0.5, 0.6) is 0 Å². The molecule has 0 aromatic rings. The van der Waals surface area contributed by atoms with Gasteiger partial charge in [-0.3, -0.25) is 4.57 Å². The molecule has 1 heterocycles. The van der Waals surface area contributed by atoms with Crippen LogP contribution in [0.2, 0.25) is 0 Å². The van der Waals surface area contributed by atoms with E-state index in [4.69, 9.17) is 19.6 Å². The molecule has 2 atom stereocenters. The van der Waals surface area contributed by atoms with Crippen LogP contribution >= 0.6 is 7.60 Å². The predicted octanol–water partition coefficient (Wildman–Crippen LogP) is -1.03. The van der Waals surface area contributed by atoms with Crippen molar-refractivity contribution < 1.29 is 43.9 Å². The summed E-state index contributed by atoms with van der Waals surface area (Å²) in [6.07, 6.45) is -3.09. The second kappa shape index (κ2) is 5.10. The lowest BCUT2D eigenvalue weighted by atomic mass is 10.2. The SMILES string of the molecule is CC(C)(OC1=C(O)[C@@H]([C@@H](O)CO)OC1=O)P(=O)(O)O. The molecule has 0 amide bonds. The Labute approximate surface area is 108 Å². The lowest BCUT2D eigenvalue weighted by Gasteiger charge is -2.26. The lowest BCUT2D eigenvalue weighted by Crippen LogP contribution is -2.31. The molecule has 0 radical (unpaired) electrons. The van der Waals surface area contributed by atoms with Gasteiger partial charge in [0.05, 0.1) is 6.61 Å². The summed E-state index contributed by atoms with van der Waals surface area (Å²) in [5, 5.41) is 25.6. The number of carbonyl (C=O) groups is 1. The Morgan fingerprint density at radius 1 is 1.47 bits per heavy atom. The molecule has 0 saturated heterocycles. The van der Waals surface area contributed by atoms with Crippen molar-refractivity contribution in [3.63, 3.8) is 0 Å². The molecule has 9 nitrogen and oxygen atoms in total. The number of esters is 1. The van der Waals surface area contributed by atoms with E-state index in [2.05, 4.69) is 4.74 Å². The molecule has 1 rings (SSSR count). The van der Waals surface area contributed by atoms with Crippen LogP contribution in [0, 0.1) is 0 Å². The van der Waals surface area contributed by atoms with Gasteiger partial charge in [0.1, 0.15) is 6.10 Å². The average molecular weight is 298 g/mol. The number of aliphatic hydroxyl groups excluding tert-OH is 3. The van der Waals surface area contributed by atoms with Gasteiger partial charge in [0.25, 0.3) is 0 Å². The topological polar surface area (TPSA) is 154 Å². The monoisotopic (exact) mass is 298 g/mol. The van der Waals surface area contributed by atoms with E-state index in [1.54, 1.807) is 0 Å². The highest BCUT2D eigenvalue weighted by atomic mass is 31.2. The van der Waals surface area contributed by atoms with Crippen molar-refractivity contribution in [1.29, 1.82) is 0 Å². The maximum Gasteiger partial charge on any atom is 0.378 e.